The molecule has 0 spiro atoms. The smallest absolute Gasteiger partial charge is 0.267 e. The van der Waals surface area contributed by atoms with E-state index in [0.717, 1.165) is 21.6 Å². The van der Waals surface area contributed by atoms with Crippen molar-refractivity contribution in [1.29, 1.82) is 0 Å². The maximum Gasteiger partial charge on any atom is 0.352 e. The molecule has 0 bridgehead atoms. The molecule has 6 nitrogen and oxygen atoms in total. The highest BCUT2D eigenvalue weighted by Gasteiger charge is 2.35. The summed E-state index contributed by atoms with van der Waals surface area (Å²) in [7, 11) is 1.38. The van der Waals surface area contributed by atoms with Gasteiger partial charge in [-0.3, -0.25) is 9.69 Å². The third-order valence-electron chi connectivity index (χ3n) is 3.89. The van der Waals surface area contributed by atoms with E-state index in [1.807, 2.05) is 54.6 Å². The molecule has 0 atom stereocenters. The monoisotopic (exact) mass is 316 g/mol. The molecule has 0 N–H and O–H groups in total. The second-order valence-corrected chi connectivity index (χ2v) is 5.42. The molecule has 0 radical (unpaired) electrons. The Morgan fingerprint density at radius 3 is 2.04 bits per heavy atom. The van der Waals surface area contributed by atoms with Crippen LogP contribution in [0.1, 0.15) is 5.56 Å². The molecule has 2 heterocycles. The van der Waals surface area contributed by atoms with Crippen molar-refractivity contribution in [2.45, 2.75) is 0 Å². The molecular weight excluding hydrogens is 304 g/mol. The second kappa shape index (κ2) is 5.34. The van der Waals surface area contributed by atoms with Crippen LogP contribution >= 0.6 is 0 Å². The standard InChI is InChI=1S/C18H12N4O2/c1-22-17(23)14-16(21-18(22)24)20-15(19-14)13-9-7-12(8-10-13)11-5-3-2-4-6-11/h2-10H,1H3. The van der Waals surface area contributed by atoms with Crippen LogP contribution in [0.4, 0.5) is 4.79 Å². The minimum absolute atomic E-state index is 0.0882. The second-order valence-electron chi connectivity index (χ2n) is 5.42. The number of aliphatic imine (C=N–C) groups is 3. The van der Waals surface area contributed by atoms with Gasteiger partial charge >= 0.3 is 6.03 Å². The van der Waals surface area contributed by atoms with E-state index >= 15 is 0 Å². The third-order valence-corrected chi connectivity index (χ3v) is 3.89. The van der Waals surface area contributed by atoms with Crippen LogP contribution in [0.25, 0.3) is 11.1 Å². The fraction of sp³-hybridized carbons (Fsp3) is 0.0556. The maximum atomic E-state index is 12.1. The molecule has 3 amide bonds. The minimum atomic E-state index is -0.627. The van der Waals surface area contributed by atoms with Gasteiger partial charge in [0.05, 0.1) is 0 Å². The fourth-order valence-corrected chi connectivity index (χ4v) is 2.54. The Labute approximate surface area is 137 Å². The van der Waals surface area contributed by atoms with Gasteiger partial charge in [0.2, 0.25) is 0 Å². The van der Waals surface area contributed by atoms with E-state index in [2.05, 4.69) is 15.0 Å². The van der Waals surface area contributed by atoms with Crippen molar-refractivity contribution in [1.82, 2.24) is 4.90 Å². The van der Waals surface area contributed by atoms with Gasteiger partial charge in [-0.15, -0.1) is 0 Å². The molecule has 24 heavy (non-hydrogen) atoms. The summed E-state index contributed by atoms with van der Waals surface area (Å²) >= 11 is 0. The average molecular weight is 316 g/mol. The molecule has 116 valence electrons. The minimum Gasteiger partial charge on any atom is -0.267 e. The number of amidine groups is 2. The lowest BCUT2D eigenvalue weighted by molar-refractivity contribution is -0.120. The number of fused-ring (bicyclic) bond motifs is 1. The number of carbonyl (C=O) groups excluding carboxylic acids is 2. The third kappa shape index (κ3) is 2.25. The van der Waals surface area contributed by atoms with Crippen molar-refractivity contribution < 1.29 is 9.59 Å². The average Bonchev–Trinajstić information content (AvgIpc) is 3.05. The molecule has 0 aromatic heterocycles. The first-order valence-electron chi connectivity index (χ1n) is 7.38. The molecule has 0 aliphatic carbocycles. The molecule has 0 saturated carbocycles. The van der Waals surface area contributed by atoms with Crippen LogP contribution in [0, 0.1) is 0 Å². The van der Waals surface area contributed by atoms with Gasteiger partial charge in [0.15, 0.2) is 17.4 Å². The van der Waals surface area contributed by atoms with Crippen molar-refractivity contribution in [2.24, 2.45) is 15.0 Å². The highest BCUT2D eigenvalue weighted by atomic mass is 16.2. The van der Waals surface area contributed by atoms with Crippen LogP contribution in [0.5, 0.6) is 0 Å². The Bertz CT molecular complexity index is 941. The Kier molecular flexibility index (Phi) is 3.16. The number of amides is 3. The van der Waals surface area contributed by atoms with Gasteiger partial charge in [-0.1, -0.05) is 54.6 Å². The van der Waals surface area contributed by atoms with Crippen LogP contribution in [0.2, 0.25) is 0 Å². The van der Waals surface area contributed by atoms with Gasteiger partial charge in [-0.25, -0.2) is 14.8 Å². The van der Waals surface area contributed by atoms with Gasteiger partial charge in [-0.2, -0.15) is 4.99 Å². The van der Waals surface area contributed by atoms with Crippen LogP contribution < -0.4 is 0 Å². The van der Waals surface area contributed by atoms with Crippen LogP contribution in [-0.4, -0.2) is 41.3 Å². The van der Waals surface area contributed by atoms with Crippen molar-refractivity contribution in [3.05, 3.63) is 60.2 Å². The number of carbonyl (C=O) groups is 2. The predicted octanol–water partition coefficient (Wildman–Crippen LogP) is 2.55. The van der Waals surface area contributed by atoms with Gasteiger partial charge in [0.1, 0.15) is 0 Å². The highest BCUT2D eigenvalue weighted by molar-refractivity contribution is 6.72. The summed E-state index contributed by atoms with van der Waals surface area (Å²) in [5, 5.41) is 0. The van der Waals surface area contributed by atoms with E-state index in [0.29, 0.717) is 5.84 Å². The number of urea groups is 1. The number of benzene rings is 2. The zero-order valence-corrected chi connectivity index (χ0v) is 12.8. The van der Waals surface area contributed by atoms with Crippen LogP contribution in [0.3, 0.4) is 0 Å². The lowest BCUT2D eigenvalue weighted by atomic mass is 10.0. The van der Waals surface area contributed by atoms with Crippen LogP contribution in [-0.2, 0) is 4.79 Å². The van der Waals surface area contributed by atoms with E-state index in [9.17, 15) is 9.59 Å². The molecule has 2 aliphatic heterocycles. The summed E-state index contributed by atoms with van der Waals surface area (Å²) in [5.41, 5.74) is 3.07. The fourth-order valence-electron chi connectivity index (χ4n) is 2.54. The van der Waals surface area contributed by atoms with Gasteiger partial charge in [0, 0.05) is 12.6 Å². The van der Waals surface area contributed by atoms with E-state index in [4.69, 9.17) is 0 Å². The summed E-state index contributed by atoms with van der Waals surface area (Å²) in [6.45, 7) is 0. The molecular formula is C18H12N4O2. The SMILES string of the molecule is CN1C(=O)N=C2N=C(c3ccc(-c4ccccc4)cc3)N=C2C1=O. The van der Waals surface area contributed by atoms with Crippen molar-refractivity contribution in [3.63, 3.8) is 0 Å². The first-order valence-corrected chi connectivity index (χ1v) is 7.38. The first-order chi connectivity index (χ1) is 11.6. The molecule has 2 aliphatic rings. The summed E-state index contributed by atoms with van der Waals surface area (Å²) in [6, 6.07) is 17.1. The van der Waals surface area contributed by atoms with E-state index in [-0.39, 0.29) is 11.5 Å². The number of imide groups is 1. The number of rotatable bonds is 2. The topological polar surface area (TPSA) is 74.5 Å². The van der Waals surface area contributed by atoms with Crippen LogP contribution in [0.15, 0.2) is 69.6 Å². The quantitative estimate of drug-likeness (QED) is 0.854. The zero-order valence-electron chi connectivity index (χ0n) is 12.8. The highest BCUT2D eigenvalue weighted by Crippen LogP contribution is 2.21. The summed E-state index contributed by atoms with van der Waals surface area (Å²) < 4.78 is 0. The van der Waals surface area contributed by atoms with Gasteiger partial charge in [0.25, 0.3) is 5.91 Å². The first kappa shape index (κ1) is 14.2. The Morgan fingerprint density at radius 1 is 0.708 bits per heavy atom. The van der Waals surface area contributed by atoms with Crippen molar-refractivity contribution in [2.75, 3.05) is 7.05 Å². The molecule has 0 fully saturated rings. The summed E-state index contributed by atoms with van der Waals surface area (Å²) in [5.74, 6) is -0.00490. The molecule has 4 rings (SSSR count). The summed E-state index contributed by atoms with van der Waals surface area (Å²) in [6.07, 6.45) is 0. The normalized spacial score (nSPS) is 16.5. The van der Waals surface area contributed by atoms with E-state index in [1.165, 1.54) is 7.05 Å². The van der Waals surface area contributed by atoms with Crippen molar-refractivity contribution >= 4 is 29.3 Å². The molecule has 0 saturated heterocycles. The van der Waals surface area contributed by atoms with E-state index < -0.39 is 11.9 Å². The predicted molar refractivity (Wildman–Crippen MR) is 91.5 cm³/mol. The Hall–Kier alpha value is -3.41. The largest absolute Gasteiger partial charge is 0.352 e. The maximum absolute atomic E-state index is 12.1. The van der Waals surface area contributed by atoms with Gasteiger partial charge in [-0.05, 0) is 11.1 Å². The lowest BCUT2D eigenvalue weighted by Gasteiger charge is -2.15. The summed E-state index contributed by atoms with van der Waals surface area (Å²) in [4.78, 5) is 36.8. The lowest BCUT2D eigenvalue weighted by Crippen LogP contribution is -2.43. The Balaban J connectivity index is 1.68. The number of hydrogen-bond acceptors (Lipinski definition) is 4. The molecule has 6 heteroatoms. The Morgan fingerprint density at radius 2 is 1.33 bits per heavy atom. The number of nitrogens with zero attached hydrogens (tertiary/aromatic N) is 4. The molecule has 0 unspecified atom stereocenters. The molecule has 2 aromatic rings. The van der Waals surface area contributed by atoms with Crippen molar-refractivity contribution in [3.8, 4) is 11.1 Å². The zero-order chi connectivity index (χ0) is 16.7. The number of hydrogen-bond donors (Lipinski definition) is 0. The van der Waals surface area contributed by atoms with E-state index in [1.54, 1.807) is 0 Å². The van der Waals surface area contributed by atoms with Gasteiger partial charge < -0.3 is 0 Å². The molecule has 2 aromatic carbocycles.